The molecule has 0 bridgehead atoms. The highest BCUT2D eigenvalue weighted by Crippen LogP contribution is 2.34. The van der Waals surface area contributed by atoms with E-state index in [1.54, 1.807) is 11.3 Å². The van der Waals surface area contributed by atoms with Crippen molar-refractivity contribution in [2.45, 2.75) is 32.4 Å². The smallest absolute Gasteiger partial charge is 0.260 e. The molecule has 2 N–H and O–H groups in total. The number of quaternary nitrogens is 1. The number of nitrogens with one attached hydrogen (secondary N) is 2. The predicted octanol–water partition coefficient (Wildman–Crippen LogP) is 3.00. The van der Waals surface area contributed by atoms with Crippen molar-refractivity contribution in [3.8, 4) is 0 Å². The van der Waals surface area contributed by atoms with Gasteiger partial charge in [-0.3, -0.25) is 4.79 Å². The van der Waals surface area contributed by atoms with Crippen molar-refractivity contribution in [2.24, 2.45) is 0 Å². The topological polar surface area (TPSA) is 50.2 Å². The number of nitrogens with zero attached hydrogens (tertiary/aromatic N) is 1. The first-order valence-electron chi connectivity index (χ1n) is 8.30. The summed E-state index contributed by atoms with van der Waals surface area (Å²) in [7, 11) is 2.07. The molecule has 1 unspecified atom stereocenters. The fourth-order valence-electron chi connectivity index (χ4n) is 3.48. The molecule has 2 heterocycles. The average Bonchev–Trinajstić information content (AvgIpc) is 3.11. The molecule has 0 spiro atoms. The van der Waals surface area contributed by atoms with E-state index in [-0.39, 0.29) is 5.56 Å². The van der Waals surface area contributed by atoms with Crippen molar-refractivity contribution in [1.29, 1.82) is 0 Å². The minimum absolute atomic E-state index is 0.00161. The van der Waals surface area contributed by atoms with Gasteiger partial charge < -0.3 is 9.88 Å². The summed E-state index contributed by atoms with van der Waals surface area (Å²) in [4.78, 5) is 23.6. The molecule has 7 heteroatoms. The molecule has 3 aromatic rings. The van der Waals surface area contributed by atoms with Gasteiger partial charge in [0.15, 0.2) is 5.82 Å². The minimum Gasteiger partial charge on any atom is -0.327 e. The van der Waals surface area contributed by atoms with Crippen LogP contribution in [0.25, 0.3) is 10.2 Å². The number of hydrogen-bond donors (Lipinski definition) is 2. The van der Waals surface area contributed by atoms with E-state index in [1.807, 2.05) is 18.2 Å². The highest BCUT2D eigenvalue weighted by molar-refractivity contribution is 7.18. The van der Waals surface area contributed by atoms with Crippen LogP contribution in [0.3, 0.4) is 0 Å². The number of rotatable bonds is 4. The van der Waals surface area contributed by atoms with Crippen LogP contribution in [-0.4, -0.2) is 17.0 Å². The molecule has 2 aromatic heterocycles. The van der Waals surface area contributed by atoms with E-state index in [2.05, 4.69) is 12.0 Å². The fraction of sp³-hybridized carbons (Fsp3) is 0.333. The highest BCUT2D eigenvalue weighted by Gasteiger charge is 2.21. The first-order valence-corrected chi connectivity index (χ1v) is 9.87. The van der Waals surface area contributed by atoms with Gasteiger partial charge in [0.2, 0.25) is 0 Å². The molecule has 1 aliphatic rings. The lowest BCUT2D eigenvalue weighted by Gasteiger charge is -2.14. The third-order valence-electron chi connectivity index (χ3n) is 4.58. The maximum absolute atomic E-state index is 12.5. The molecule has 4 rings (SSSR count). The van der Waals surface area contributed by atoms with Crippen LogP contribution >= 0.6 is 34.5 Å². The monoisotopic (exact) mass is 394 g/mol. The summed E-state index contributed by atoms with van der Waals surface area (Å²) in [6.45, 7) is 1.42. The van der Waals surface area contributed by atoms with Crippen LogP contribution in [0.1, 0.15) is 28.2 Å². The quantitative estimate of drug-likeness (QED) is 0.714. The number of benzene rings is 1. The van der Waals surface area contributed by atoms with Crippen LogP contribution < -0.4 is 10.5 Å². The van der Waals surface area contributed by atoms with E-state index < -0.39 is 0 Å². The van der Waals surface area contributed by atoms with Crippen LogP contribution in [-0.2, 0) is 25.9 Å². The van der Waals surface area contributed by atoms with E-state index in [0.29, 0.717) is 16.6 Å². The minimum atomic E-state index is 0.00161. The van der Waals surface area contributed by atoms with Gasteiger partial charge in [0.05, 0.1) is 22.5 Å². The summed E-state index contributed by atoms with van der Waals surface area (Å²) >= 11 is 13.7. The molecule has 0 aliphatic heterocycles. The van der Waals surface area contributed by atoms with Gasteiger partial charge in [0.1, 0.15) is 17.9 Å². The first-order chi connectivity index (χ1) is 12.0. The number of aromatic nitrogens is 2. The van der Waals surface area contributed by atoms with Crippen LogP contribution in [0.4, 0.5) is 0 Å². The van der Waals surface area contributed by atoms with Gasteiger partial charge in [0.25, 0.3) is 5.56 Å². The number of hydrogen-bond acceptors (Lipinski definition) is 3. The van der Waals surface area contributed by atoms with Crippen LogP contribution in [0.2, 0.25) is 10.0 Å². The van der Waals surface area contributed by atoms with Crippen LogP contribution in [0, 0.1) is 0 Å². The number of H-pyrrole nitrogens is 1. The van der Waals surface area contributed by atoms with E-state index in [9.17, 15) is 4.79 Å². The number of fused-ring (bicyclic) bond motifs is 3. The molecule has 0 fully saturated rings. The average molecular weight is 395 g/mol. The summed E-state index contributed by atoms with van der Waals surface area (Å²) in [5, 5.41) is 1.93. The lowest BCUT2D eigenvalue weighted by Crippen LogP contribution is -3.06. The molecule has 0 saturated carbocycles. The summed E-state index contributed by atoms with van der Waals surface area (Å²) in [5.74, 6) is 0.731. The molecule has 130 valence electrons. The zero-order chi connectivity index (χ0) is 17.6. The van der Waals surface area contributed by atoms with Gasteiger partial charge in [-0.2, -0.15) is 0 Å². The SMILES string of the molecule is C[NH+](Cc1ccc(Cl)c(Cl)c1)Cc1nc2sc3c(c2c(=O)[nH]1)CCC3. The third-order valence-corrected chi connectivity index (χ3v) is 6.51. The molecule has 0 amide bonds. The molecule has 4 nitrogen and oxygen atoms in total. The van der Waals surface area contributed by atoms with Crippen LogP contribution in [0.15, 0.2) is 23.0 Å². The molecule has 25 heavy (non-hydrogen) atoms. The largest absolute Gasteiger partial charge is 0.327 e. The van der Waals surface area contributed by atoms with Crippen molar-refractivity contribution in [2.75, 3.05) is 7.05 Å². The number of halogens is 2. The Morgan fingerprint density at radius 3 is 2.88 bits per heavy atom. The van der Waals surface area contributed by atoms with Crippen molar-refractivity contribution < 1.29 is 4.90 Å². The molecule has 0 radical (unpaired) electrons. The lowest BCUT2D eigenvalue weighted by atomic mass is 10.2. The first kappa shape index (κ1) is 17.0. The Bertz CT molecular complexity index is 1010. The summed E-state index contributed by atoms with van der Waals surface area (Å²) in [6.07, 6.45) is 3.23. The zero-order valence-corrected chi connectivity index (χ0v) is 16.1. The molecule has 0 saturated heterocycles. The maximum Gasteiger partial charge on any atom is 0.260 e. The van der Waals surface area contributed by atoms with Crippen LogP contribution in [0.5, 0.6) is 0 Å². The second-order valence-corrected chi connectivity index (χ2v) is 8.51. The summed E-state index contributed by atoms with van der Waals surface area (Å²) < 4.78 is 0. The van der Waals surface area contributed by atoms with Crippen molar-refractivity contribution in [1.82, 2.24) is 9.97 Å². The lowest BCUT2D eigenvalue weighted by molar-refractivity contribution is -0.908. The van der Waals surface area contributed by atoms with Gasteiger partial charge in [-0.1, -0.05) is 29.3 Å². The van der Waals surface area contributed by atoms with E-state index in [0.717, 1.165) is 47.4 Å². The van der Waals surface area contributed by atoms with Gasteiger partial charge in [-0.15, -0.1) is 11.3 Å². The Morgan fingerprint density at radius 1 is 1.24 bits per heavy atom. The highest BCUT2D eigenvalue weighted by atomic mass is 35.5. The Morgan fingerprint density at radius 2 is 2.08 bits per heavy atom. The Kier molecular flexibility index (Phi) is 4.58. The number of thiophene rings is 1. The van der Waals surface area contributed by atoms with Gasteiger partial charge in [-0.05, 0) is 37.0 Å². The van der Waals surface area contributed by atoms with Gasteiger partial charge in [-0.25, -0.2) is 4.98 Å². The normalized spacial score (nSPS) is 14.8. The third kappa shape index (κ3) is 3.34. The zero-order valence-electron chi connectivity index (χ0n) is 13.8. The molecule has 1 atom stereocenters. The Hall–Kier alpha value is -1.40. The fourth-order valence-corrected chi connectivity index (χ4v) is 5.08. The predicted molar refractivity (Wildman–Crippen MR) is 103 cm³/mol. The summed E-state index contributed by atoms with van der Waals surface area (Å²) in [5.41, 5.74) is 2.32. The van der Waals surface area contributed by atoms with E-state index in [1.165, 1.54) is 15.3 Å². The Balaban J connectivity index is 1.56. The maximum atomic E-state index is 12.5. The van der Waals surface area contributed by atoms with Crippen molar-refractivity contribution in [3.63, 3.8) is 0 Å². The van der Waals surface area contributed by atoms with Gasteiger partial charge >= 0.3 is 0 Å². The van der Waals surface area contributed by atoms with Crippen molar-refractivity contribution in [3.05, 3.63) is 60.4 Å². The Labute approximate surface area is 159 Å². The number of aromatic amines is 1. The second kappa shape index (κ2) is 6.72. The molecular formula is C18H18Cl2N3OS+. The van der Waals surface area contributed by atoms with Gasteiger partial charge in [0, 0.05) is 10.4 Å². The molecule has 1 aliphatic carbocycles. The second-order valence-electron chi connectivity index (χ2n) is 6.61. The molecular weight excluding hydrogens is 377 g/mol. The number of aryl methyl sites for hydroxylation is 2. The standard InChI is InChI=1S/C18H17Cl2N3OS/c1-23(8-10-5-6-12(19)13(20)7-10)9-15-21-17(24)16-11-3-2-4-14(11)25-18(16)22-15/h5-7H,2-4,8-9H2,1H3,(H,21,22,24)/p+1. The summed E-state index contributed by atoms with van der Waals surface area (Å²) in [6, 6.07) is 5.67. The van der Waals surface area contributed by atoms with E-state index in [4.69, 9.17) is 28.2 Å². The van der Waals surface area contributed by atoms with Crippen molar-refractivity contribution >= 4 is 44.8 Å². The molecule has 1 aromatic carbocycles. The van der Waals surface area contributed by atoms with E-state index >= 15 is 0 Å².